The monoisotopic (exact) mass is 313 g/mol. The molecule has 0 aliphatic carbocycles. The van der Waals surface area contributed by atoms with Crippen LogP contribution in [0.4, 0.5) is 0 Å². The van der Waals surface area contributed by atoms with E-state index in [1.54, 1.807) is 0 Å². The summed E-state index contributed by atoms with van der Waals surface area (Å²) in [6.45, 7) is 6.39. The molecule has 0 aromatic rings. The second-order valence-electron chi connectivity index (χ2n) is 6.79. The van der Waals surface area contributed by atoms with E-state index in [1.165, 1.54) is 77.7 Å². The lowest BCUT2D eigenvalue weighted by Gasteiger charge is -2.05. The van der Waals surface area contributed by atoms with E-state index in [0.717, 1.165) is 19.0 Å². The third-order valence-electron chi connectivity index (χ3n) is 4.12. The average Bonchev–Trinajstić information content (AvgIpc) is 2.50. The van der Waals surface area contributed by atoms with Gasteiger partial charge in [-0.15, -0.1) is 0 Å². The Hall–Kier alpha value is -0.570. The normalized spacial score (nSPS) is 11.1. The minimum atomic E-state index is -0.128. The summed E-state index contributed by atoms with van der Waals surface area (Å²) in [5, 5.41) is 3.29. The maximum Gasteiger partial charge on any atom is 0.306 e. The number of hydrogen-bond acceptors (Lipinski definition) is 3. The van der Waals surface area contributed by atoms with Crippen molar-refractivity contribution in [2.45, 2.75) is 90.9 Å². The highest BCUT2D eigenvalue weighted by Crippen LogP contribution is 2.13. The van der Waals surface area contributed by atoms with E-state index in [9.17, 15) is 4.79 Å². The van der Waals surface area contributed by atoms with E-state index in [-0.39, 0.29) is 5.97 Å². The molecule has 3 nitrogen and oxygen atoms in total. The van der Waals surface area contributed by atoms with Crippen molar-refractivity contribution in [1.82, 2.24) is 5.32 Å². The van der Waals surface area contributed by atoms with Gasteiger partial charge in [-0.1, -0.05) is 78.1 Å². The van der Waals surface area contributed by atoms with Crippen molar-refractivity contribution in [2.24, 2.45) is 5.92 Å². The van der Waals surface area contributed by atoms with Crippen molar-refractivity contribution in [1.29, 1.82) is 0 Å². The highest BCUT2D eigenvalue weighted by atomic mass is 16.5. The number of nitrogens with one attached hydrogen (secondary N) is 1. The average molecular weight is 314 g/mol. The molecule has 132 valence electrons. The molecule has 0 aromatic carbocycles. The van der Waals surface area contributed by atoms with Crippen LogP contribution in [0.25, 0.3) is 0 Å². The fourth-order valence-electron chi connectivity index (χ4n) is 2.63. The predicted octanol–water partition coefficient (Wildman–Crippen LogP) is 5.09. The van der Waals surface area contributed by atoms with Crippen molar-refractivity contribution in [3.05, 3.63) is 0 Å². The van der Waals surface area contributed by atoms with Crippen LogP contribution in [0.15, 0.2) is 0 Å². The van der Waals surface area contributed by atoms with Crippen molar-refractivity contribution >= 4 is 5.97 Å². The summed E-state index contributed by atoms with van der Waals surface area (Å²) in [7, 11) is 1.44. The summed E-state index contributed by atoms with van der Waals surface area (Å²) in [6.07, 6.45) is 15.6. The smallest absolute Gasteiger partial charge is 0.306 e. The molecule has 1 N–H and O–H groups in total. The quantitative estimate of drug-likeness (QED) is 0.319. The first-order valence-electron chi connectivity index (χ1n) is 9.44. The lowest BCUT2D eigenvalue weighted by atomic mass is 10.0. The molecule has 0 rings (SSSR count). The van der Waals surface area contributed by atoms with Gasteiger partial charge in [-0.05, 0) is 18.9 Å². The topological polar surface area (TPSA) is 38.3 Å². The molecule has 0 fully saturated rings. The van der Waals surface area contributed by atoms with Gasteiger partial charge in [0, 0.05) is 6.54 Å². The maximum atomic E-state index is 10.9. The predicted molar refractivity (Wildman–Crippen MR) is 95.1 cm³/mol. The second kappa shape index (κ2) is 16.8. The SMILES string of the molecule is COC(=O)CCNCCCCCCCCCCCCC(C)C. The van der Waals surface area contributed by atoms with Gasteiger partial charge in [0.05, 0.1) is 13.5 Å². The Balaban J connectivity index is 3.01. The van der Waals surface area contributed by atoms with E-state index in [4.69, 9.17) is 0 Å². The van der Waals surface area contributed by atoms with Crippen LogP contribution in [0.1, 0.15) is 90.9 Å². The highest BCUT2D eigenvalue weighted by Gasteiger charge is 1.98. The second-order valence-corrected chi connectivity index (χ2v) is 6.79. The number of rotatable bonds is 16. The Morgan fingerprint density at radius 3 is 1.82 bits per heavy atom. The van der Waals surface area contributed by atoms with Crippen LogP contribution in [-0.4, -0.2) is 26.2 Å². The molecule has 22 heavy (non-hydrogen) atoms. The van der Waals surface area contributed by atoms with E-state index >= 15 is 0 Å². The summed E-state index contributed by atoms with van der Waals surface area (Å²) in [5.74, 6) is 0.742. The molecular formula is C19H39NO2. The Kier molecular flexibility index (Phi) is 16.4. The van der Waals surface area contributed by atoms with E-state index in [0.29, 0.717) is 6.42 Å². The van der Waals surface area contributed by atoms with Crippen LogP contribution >= 0.6 is 0 Å². The first kappa shape index (κ1) is 21.4. The minimum Gasteiger partial charge on any atom is -0.469 e. The Morgan fingerprint density at radius 2 is 1.32 bits per heavy atom. The Bertz CT molecular complexity index is 242. The summed E-state index contributed by atoms with van der Waals surface area (Å²) in [6, 6.07) is 0. The number of ether oxygens (including phenoxy) is 1. The van der Waals surface area contributed by atoms with E-state index in [2.05, 4.69) is 23.9 Å². The lowest BCUT2D eigenvalue weighted by molar-refractivity contribution is -0.140. The van der Waals surface area contributed by atoms with Crippen LogP contribution in [-0.2, 0) is 9.53 Å². The zero-order valence-corrected chi connectivity index (χ0v) is 15.3. The summed E-state index contributed by atoms with van der Waals surface area (Å²) in [5.41, 5.74) is 0. The van der Waals surface area contributed by atoms with Gasteiger partial charge in [-0.25, -0.2) is 0 Å². The van der Waals surface area contributed by atoms with Gasteiger partial charge in [0.2, 0.25) is 0 Å². The fourth-order valence-corrected chi connectivity index (χ4v) is 2.63. The molecule has 0 aliphatic rings. The number of carbonyl (C=O) groups excluding carboxylic acids is 1. The molecule has 0 aliphatic heterocycles. The van der Waals surface area contributed by atoms with Gasteiger partial charge in [-0.3, -0.25) is 4.79 Å². The number of esters is 1. The van der Waals surface area contributed by atoms with Gasteiger partial charge < -0.3 is 10.1 Å². The highest BCUT2D eigenvalue weighted by molar-refractivity contribution is 5.69. The van der Waals surface area contributed by atoms with Crippen LogP contribution < -0.4 is 5.32 Å². The number of unbranched alkanes of at least 4 members (excludes halogenated alkanes) is 9. The summed E-state index contributed by atoms with van der Waals surface area (Å²) in [4.78, 5) is 10.9. The van der Waals surface area contributed by atoms with Crippen molar-refractivity contribution in [2.75, 3.05) is 20.2 Å². The van der Waals surface area contributed by atoms with Crippen LogP contribution in [0.2, 0.25) is 0 Å². The molecule has 0 radical (unpaired) electrons. The molecule has 0 amide bonds. The van der Waals surface area contributed by atoms with Crippen LogP contribution in [0.3, 0.4) is 0 Å². The Morgan fingerprint density at radius 1 is 0.818 bits per heavy atom. The van der Waals surface area contributed by atoms with Crippen molar-refractivity contribution in [3.63, 3.8) is 0 Å². The molecule has 0 spiro atoms. The standard InChI is InChI=1S/C19H39NO2/c1-18(2)14-12-10-8-6-4-5-7-9-11-13-16-20-17-15-19(21)22-3/h18,20H,4-17H2,1-3H3. The van der Waals surface area contributed by atoms with Crippen LogP contribution in [0.5, 0.6) is 0 Å². The summed E-state index contributed by atoms with van der Waals surface area (Å²) >= 11 is 0. The third kappa shape index (κ3) is 17.5. The van der Waals surface area contributed by atoms with Gasteiger partial charge in [0.1, 0.15) is 0 Å². The van der Waals surface area contributed by atoms with Gasteiger partial charge in [0.25, 0.3) is 0 Å². The van der Waals surface area contributed by atoms with Crippen LogP contribution in [0, 0.1) is 5.92 Å². The number of hydrogen-bond donors (Lipinski definition) is 1. The van der Waals surface area contributed by atoms with Crippen molar-refractivity contribution < 1.29 is 9.53 Å². The third-order valence-corrected chi connectivity index (χ3v) is 4.12. The fraction of sp³-hybridized carbons (Fsp3) is 0.947. The van der Waals surface area contributed by atoms with Gasteiger partial charge >= 0.3 is 5.97 Å². The molecule has 3 heteroatoms. The molecule has 0 unspecified atom stereocenters. The first-order chi connectivity index (χ1) is 10.7. The van der Waals surface area contributed by atoms with E-state index in [1.807, 2.05) is 0 Å². The molecule has 0 heterocycles. The van der Waals surface area contributed by atoms with Gasteiger partial charge in [0.15, 0.2) is 0 Å². The lowest BCUT2D eigenvalue weighted by Crippen LogP contribution is -2.19. The molecule has 0 bridgehead atoms. The number of methoxy groups -OCH3 is 1. The van der Waals surface area contributed by atoms with Crippen molar-refractivity contribution in [3.8, 4) is 0 Å². The molecular weight excluding hydrogens is 274 g/mol. The molecule has 0 atom stereocenters. The van der Waals surface area contributed by atoms with E-state index < -0.39 is 0 Å². The number of carbonyl (C=O) groups is 1. The zero-order chi connectivity index (χ0) is 16.5. The van der Waals surface area contributed by atoms with Gasteiger partial charge in [-0.2, -0.15) is 0 Å². The minimum absolute atomic E-state index is 0.128. The largest absolute Gasteiger partial charge is 0.469 e. The molecule has 0 saturated heterocycles. The first-order valence-corrected chi connectivity index (χ1v) is 9.44. The maximum absolute atomic E-state index is 10.9. The zero-order valence-electron chi connectivity index (χ0n) is 15.3. The summed E-state index contributed by atoms with van der Waals surface area (Å²) < 4.78 is 4.60. The Labute approximate surface area is 138 Å². The molecule has 0 saturated carbocycles. The molecule has 0 aromatic heterocycles.